The summed E-state index contributed by atoms with van der Waals surface area (Å²) in [5.74, 6) is 0.790. The van der Waals surface area contributed by atoms with E-state index in [9.17, 15) is 14.7 Å². The molecule has 4 aromatic rings. The number of carbonyl (C=O) groups excluding carboxylic acids is 1. The number of carboxylic acids is 1. The molecule has 5 rings (SSSR count). The first-order valence-electron chi connectivity index (χ1n) is 14.1. The maximum atomic E-state index is 12.5. The molecule has 10 heteroatoms. The number of para-hydroxylation sites is 1. The monoisotopic (exact) mass is 614 g/mol. The number of rotatable bonds is 10. The molecule has 44 heavy (non-hydrogen) atoms. The van der Waals surface area contributed by atoms with Crippen LogP contribution >= 0.6 is 11.9 Å². The lowest BCUT2D eigenvalue weighted by Gasteiger charge is -2.31. The Hall–Kier alpha value is -4.67. The Morgan fingerprint density at radius 3 is 2.09 bits per heavy atom. The first-order valence-corrected chi connectivity index (χ1v) is 14.9. The highest BCUT2D eigenvalue weighted by Crippen LogP contribution is 2.30. The Labute approximate surface area is 260 Å². The molecule has 1 saturated heterocycles. The van der Waals surface area contributed by atoms with E-state index in [1.165, 1.54) is 22.1 Å². The second kappa shape index (κ2) is 15.7. The SMILES string of the molecule is Cc1ccc(SN2CCC(Oc3ccc(Oc4ccc(CC(=O)Nc5ccccc5C(=O)O)cc4)cc3)CC2)cc1C.O=O. The van der Waals surface area contributed by atoms with Crippen LogP contribution in [0.5, 0.6) is 17.2 Å². The molecule has 0 unspecified atom stereocenters. The number of benzene rings is 4. The second-order valence-electron chi connectivity index (χ2n) is 10.4. The topological polar surface area (TPSA) is 122 Å². The second-order valence-corrected chi connectivity index (χ2v) is 11.5. The van der Waals surface area contributed by atoms with Gasteiger partial charge in [-0.25, -0.2) is 9.10 Å². The molecule has 1 heterocycles. The van der Waals surface area contributed by atoms with Crippen molar-refractivity contribution in [1.29, 1.82) is 0 Å². The van der Waals surface area contributed by atoms with E-state index in [-0.39, 0.29) is 29.7 Å². The zero-order valence-electron chi connectivity index (χ0n) is 24.5. The van der Waals surface area contributed by atoms with Crippen molar-refractivity contribution in [3.63, 3.8) is 0 Å². The van der Waals surface area contributed by atoms with Crippen molar-refractivity contribution < 1.29 is 24.2 Å². The van der Waals surface area contributed by atoms with Crippen molar-refractivity contribution in [2.45, 2.75) is 44.1 Å². The molecule has 0 aliphatic carbocycles. The lowest BCUT2D eigenvalue weighted by Crippen LogP contribution is -2.34. The number of ether oxygens (including phenoxy) is 2. The lowest BCUT2D eigenvalue weighted by molar-refractivity contribution is -0.115. The van der Waals surface area contributed by atoms with E-state index >= 15 is 0 Å². The highest BCUT2D eigenvalue weighted by atomic mass is 32.2. The fourth-order valence-electron chi connectivity index (χ4n) is 4.71. The maximum Gasteiger partial charge on any atom is 0.337 e. The summed E-state index contributed by atoms with van der Waals surface area (Å²) < 4.78 is 14.6. The summed E-state index contributed by atoms with van der Waals surface area (Å²) in [6.07, 6.45) is 2.26. The molecule has 0 bridgehead atoms. The predicted molar refractivity (Wildman–Crippen MR) is 172 cm³/mol. The van der Waals surface area contributed by atoms with Gasteiger partial charge in [-0.2, -0.15) is 0 Å². The Morgan fingerprint density at radius 2 is 1.45 bits per heavy atom. The van der Waals surface area contributed by atoms with Gasteiger partial charge < -0.3 is 19.9 Å². The minimum absolute atomic E-state index is 0.0550. The number of carbonyl (C=O) groups is 2. The molecule has 228 valence electrons. The molecule has 0 spiro atoms. The first kappa shape index (κ1) is 32.2. The van der Waals surface area contributed by atoms with E-state index in [2.05, 4.69) is 41.7 Å². The highest BCUT2D eigenvalue weighted by Gasteiger charge is 2.21. The van der Waals surface area contributed by atoms with Gasteiger partial charge in [0.25, 0.3) is 0 Å². The largest absolute Gasteiger partial charge is 0.490 e. The quantitative estimate of drug-likeness (QED) is 0.174. The standard InChI is InChI=1S/C34H34N2O5S.O2/c1-23-7-16-30(21-24(23)2)42-36-19-17-29(18-20-36)41-28-14-12-27(13-15-28)40-26-10-8-25(9-11-26)22-33(37)35-32-6-4-3-5-31(32)34(38)39;1-2/h3-16,21,29H,17-20,22H2,1-2H3,(H,35,37)(H,38,39);. The number of carboxylic acid groups (broad SMARTS) is 1. The molecule has 4 aromatic carbocycles. The van der Waals surface area contributed by atoms with Gasteiger partial charge >= 0.3 is 5.97 Å². The molecule has 0 saturated carbocycles. The number of aryl methyl sites for hydroxylation is 2. The molecule has 2 N–H and O–H groups in total. The summed E-state index contributed by atoms with van der Waals surface area (Å²) in [6, 6.07) is 27.9. The minimum atomic E-state index is -1.09. The zero-order chi connectivity index (χ0) is 31.5. The van der Waals surface area contributed by atoms with E-state index in [1.54, 1.807) is 18.2 Å². The normalized spacial score (nSPS) is 13.3. The van der Waals surface area contributed by atoms with E-state index in [0.29, 0.717) is 11.5 Å². The van der Waals surface area contributed by atoms with Gasteiger partial charge in [-0.15, -0.1) is 0 Å². The summed E-state index contributed by atoms with van der Waals surface area (Å²) in [6.45, 7) is 6.26. The number of nitrogens with one attached hydrogen (secondary N) is 1. The number of hydrogen-bond donors (Lipinski definition) is 2. The summed E-state index contributed by atoms with van der Waals surface area (Å²) >= 11 is 1.83. The first-order chi connectivity index (χ1) is 21.3. The Kier molecular flexibility index (Phi) is 11.5. The van der Waals surface area contributed by atoms with Crippen molar-refractivity contribution >= 4 is 29.5 Å². The molecular weight excluding hydrogens is 580 g/mol. The van der Waals surface area contributed by atoms with Crippen LogP contribution in [0, 0.1) is 23.8 Å². The Bertz CT molecular complexity index is 1550. The van der Waals surface area contributed by atoms with Crippen LogP contribution < -0.4 is 14.8 Å². The smallest absolute Gasteiger partial charge is 0.337 e. The summed E-state index contributed by atoms with van der Waals surface area (Å²) in [4.78, 5) is 39.1. The van der Waals surface area contributed by atoms with Crippen LogP contribution in [0.3, 0.4) is 0 Å². The lowest BCUT2D eigenvalue weighted by atomic mass is 10.1. The molecule has 0 atom stereocenters. The van der Waals surface area contributed by atoms with Crippen molar-refractivity contribution in [3.05, 3.63) is 123 Å². The van der Waals surface area contributed by atoms with E-state index in [1.807, 2.05) is 60.5 Å². The predicted octanol–water partition coefficient (Wildman–Crippen LogP) is 7.59. The van der Waals surface area contributed by atoms with Crippen LogP contribution in [0.4, 0.5) is 5.69 Å². The van der Waals surface area contributed by atoms with Gasteiger partial charge in [-0.1, -0.05) is 30.3 Å². The van der Waals surface area contributed by atoms with Gasteiger partial charge in [0, 0.05) is 27.9 Å². The van der Waals surface area contributed by atoms with Gasteiger partial charge in [0.1, 0.15) is 23.4 Å². The van der Waals surface area contributed by atoms with Crippen LogP contribution in [0.2, 0.25) is 0 Å². The van der Waals surface area contributed by atoms with Gasteiger partial charge in [-0.3, -0.25) is 4.79 Å². The molecule has 1 amide bonds. The van der Waals surface area contributed by atoms with Crippen molar-refractivity contribution in [2.75, 3.05) is 18.4 Å². The third-order valence-electron chi connectivity index (χ3n) is 7.20. The van der Waals surface area contributed by atoms with Crippen LogP contribution in [-0.4, -0.2) is 40.5 Å². The van der Waals surface area contributed by atoms with E-state index in [4.69, 9.17) is 19.4 Å². The summed E-state index contributed by atoms with van der Waals surface area (Å²) in [5, 5.41) is 12.0. The van der Waals surface area contributed by atoms with Gasteiger partial charge in [0.2, 0.25) is 5.91 Å². The number of anilines is 1. The average molecular weight is 615 g/mol. The molecule has 0 aromatic heterocycles. The minimum Gasteiger partial charge on any atom is -0.490 e. The van der Waals surface area contributed by atoms with Crippen LogP contribution in [0.15, 0.2) is 95.9 Å². The summed E-state index contributed by atoms with van der Waals surface area (Å²) in [7, 11) is 0. The van der Waals surface area contributed by atoms with Gasteiger partial charge in [0.15, 0.2) is 0 Å². The molecule has 1 fully saturated rings. The fourth-order valence-corrected chi connectivity index (χ4v) is 5.76. The van der Waals surface area contributed by atoms with Crippen molar-refractivity contribution in [1.82, 2.24) is 4.31 Å². The number of aromatic carboxylic acids is 1. The van der Waals surface area contributed by atoms with Gasteiger partial charge in [-0.05, 0) is 116 Å². The molecule has 9 nitrogen and oxygen atoms in total. The van der Waals surface area contributed by atoms with Crippen molar-refractivity contribution in [2.24, 2.45) is 0 Å². The summed E-state index contributed by atoms with van der Waals surface area (Å²) in [5.41, 5.74) is 3.76. The number of piperidine rings is 1. The van der Waals surface area contributed by atoms with Crippen LogP contribution in [0.25, 0.3) is 0 Å². The van der Waals surface area contributed by atoms with E-state index in [0.717, 1.165) is 37.2 Å². The average Bonchev–Trinajstić information content (AvgIpc) is 3.03. The molecular formula is C34H34N2O7S. The molecule has 0 radical (unpaired) electrons. The number of nitrogens with zero attached hydrogens (tertiary/aromatic N) is 1. The third kappa shape index (κ3) is 9.16. The maximum absolute atomic E-state index is 12.5. The number of hydrogen-bond acceptors (Lipinski definition) is 8. The number of amides is 1. The third-order valence-corrected chi connectivity index (χ3v) is 8.28. The Balaban J connectivity index is 0.00000216. The van der Waals surface area contributed by atoms with Crippen LogP contribution in [-0.2, 0) is 11.2 Å². The van der Waals surface area contributed by atoms with Crippen LogP contribution in [0.1, 0.15) is 39.9 Å². The van der Waals surface area contributed by atoms with Crippen molar-refractivity contribution in [3.8, 4) is 17.2 Å². The van der Waals surface area contributed by atoms with Gasteiger partial charge in [0.05, 0.1) is 17.7 Å². The van der Waals surface area contributed by atoms with E-state index < -0.39 is 5.97 Å². The zero-order valence-corrected chi connectivity index (χ0v) is 25.3. The fraction of sp³-hybridized carbons (Fsp3) is 0.235. The Morgan fingerprint density at radius 1 is 0.841 bits per heavy atom. The molecule has 1 aliphatic heterocycles. The molecule has 1 aliphatic rings. The highest BCUT2D eigenvalue weighted by molar-refractivity contribution is 7.97.